The maximum atomic E-state index is 10.8. The number of carboxylic acid groups (broad SMARTS) is 1. The molecule has 1 aromatic rings. The van der Waals surface area contributed by atoms with Crippen molar-refractivity contribution in [3.8, 4) is 0 Å². The van der Waals surface area contributed by atoms with Crippen molar-refractivity contribution in [2.75, 3.05) is 0 Å². The van der Waals surface area contributed by atoms with Gasteiger partial charge in [-0.1, -0.05) is 44.2 Å². The summed E-state index contributed by atoms with van der Waals surface area (Å²) in [6.07, 6.45) is 0.648. The summed E-state index contributed by atoms with van der Waals surface area (Å²) >= 11 is 0. The molecule has 0 saturated heterocycles. The molecule has 1 unspecified atom stereocenters. The summed E-state index contributed by atoms with van der Waals surface area (Å²) in [5.74, 6) is -1.58. The van der Waals surface area contributed by atoms with Gasteiger partial charge in [-0.05, 0) is 17.9 Å². The van der Waals surface area contributed by atoms with Crippen LogP contribution in [0, 0.1) is 5.92 Å². The summed E-state index contributed by atoms with van der Waals surface area (Å²) in [7, 11) is 0. The van der Waals surface area contributed by atoms with E-state index < -0.39 is 11.9 Å². The first-order valence-corrected chi connectivity index (χ1v) is 6.12. The third-order valence-electron chi connectivity index (χ3n) is 2.32. The SMILES string of the molecule is CC.NC(=O)CC(CC(=O)O)Cc1ccccc1. The van der Waals surface area contributed by atoms with Crippen molar-refractivity contribution in [2.24, 2.45) is 11.7 Å². The van der Waals surface area contributed by atoms with Crippen LogP contribution in [0.5, 0.6) is 0 Å². The van der Waals surface area contributed by atoms with Gasteiger partial charge in [0.25, 0.3) is 0 Å². The van der Waals surface area contributed by atoms with Crippen LogP contribution in [0.25, 0.3) is 0 Å². The Kier molecular flexibility index (Phi) is 8.27. The maximum absolute atomic E-state index is 10.8. The fourth-order valence-corrected chi connectivity index (χ4v) is 1.70. The minimum Gasteiger partial charge on any atom is -0.481 e. The third kappa shape index (κ3) is 7.44. The second kappa shape index (κ2) is 9.22. The topological polar surface area (TPSA) is 80.4 Å². The van der Waals surface area contributed by atoms with Crippen LogP contribution in [0.3, 0.4) is 0 Å². The van der Waals surface area contributed by atoms with E-state index in [4.69, 9.17) is 10.8 Å². The molecule has 0 radical (unpaired) electrons. The molecule has 0 aliphatic carbocycles. The van der Waals surface area contributed by atoms with Gasteiger partial charge in [0, 0.05) is 12.8 Å². The molecule has 0 aliphatic rings. The predicted octanol–water partition coefficient (Wildman–Crippen LogP) is 2.22. The molecule has 0 spiro atoms. The number of benzene rings is 1. The van der Waals surface area contributed by atoms with E-state index in [1.165, 1.54) is 0 Å². The second-order valence-corrected chi connectivity index (χ2v) is 3.82. The number of rotatable bonds is 6. The van der Waals surface area contributed by atoms with E-state index in [9.17, 15) is 9.59 Å². The molecule has 1 atom stereocenters. The van der Waals surface area contributed by atoms with E-state index >= 15 is 0 Å². The fraction of sp³-hybridized carbons (Fsp3) is 0.429. The zero-order chi connectivity index (χ0) is 14.0. The number of primary amides is 1. The Labute approximate surface area is 108 Å². The van der Waals surface area contributed by atoms with E-state index in [1.54, 1.807) is 0 Å². The average Bonchev–Trinajstić information content (AvgIpc) is 2.31. The van der Waals surface area contributed by atoms with Crippen molar-refractivity contribution in [2.45, 2.75) is 33.1 Å². The van der Waals surface area contributed by atoms with Gasteiger partial charge in [-0.15, -0.1) is 0 Å². The van der Waals surface area contributed by atoms with E-state index in [1.807, 2.05) is 44.2 Å². The number of amides is 1. The molecule has 1 rings (SSSR count). The Morgan fingerprint density at radius 2 is 1.72 bits per heavy atom. The summed E-state index contributed by atoms with van der Waals surface area (Å²) in [6.45, 7) is 4.00. The summed E-state index contributed by atoms with van der Waals surface area (Å²) in [5.41, 5.74) is 6.11. The number of carboxylic acids is 1. The van der Waals surface area contributed by atoms with E-state index in [0.29, 0.717) is 6.42 Å². The number of carbonyl (C=O) groups is 2. The fourth-order valence-electron chi connectivity index (χ4n) is 1.70. The first kappa shape index (κ1) is 16.2. The molecular weight excluding hydrogens is 230 g/mol. The highest BCUT2D eigenvalue weighted by Crippen LogP contribution is 2.15. The van der Waals surface area contributed by atoms with E-state index in [2.05, 4.69) is 0 Å². The van der Waals surface area contributed by atoms with Gasteiger partial charge in [-0.3, -0.25) is 9.59 Å². The van der Waals surface area contributed by atoms with Crippen LogP contribution in [0.1, 0.15) is 32.3 Å². The molecule has 4 nitrogen and oxygen atoms in total. The Morgan fingerprint density at radius 3 is 2.17 bits per heavy atom. The lowest BCUT2D eigenvalue weighted by atomic mass is 9.93. The van der Waals surface area contributed by atoms with Crippen molar-refractivity contribution in [3.05, 3.63) is 35.9 Å². The maximum Gasteiger partial charge on any atom is 0.303 e. The van der Waals surface area contributed by atoms with Gasteiger partial charge >= 0.3 is 5.97 Å². The van der Waals surface area contributed by atoms with Crippen molar-refractivity contribution >= 4 is 11.9 Å². The molecule has 3 N–H and O–H groups in total. The van der Waals surface area contributed by atoms with Gasteiger partial charge in [0.05, 0.1) is 0 Å². The predicted molar refractivity (Wildman–Crippen MR) is 71.0 cm³/mol. The second-order valence-electron chi connectivity index (χ2n) is 3.82. The van der Waals surface area contributed by atoms with Gasteiger partial charge in [0.2, 0.25) is 5.91 Å². The van der Waals surface area contributed by atoms with Crippen LogP contribution in [-0.4, -0.2) is 17.0 Å². The number of nitrogens with two attached hydrogens (primary N) is 1. The van der Waals surface area contributed by atoms with Crippen molar-refractivity contribution in [3.63, 3.8) is 0 Å². The standard InChI is InChI=1S/C12H15NO3.C2H6/c13-11(14)7-10(8-12(15)16)6-9-4-2-1-3-5-9;1-2/h1-5,10H,6-8H2,(H2,13,14)(H,15,16);1-2H3. The van der Waals surface area contributed by atoms with E-state index in [-0.39, 0.29) is 18.8 Å². The highest BCUT2D eigenvalue weighted by atomic mass is 16.4. The molecule has 0 saturated carbocycles. The summed E-state index contributed by atoms with van der Waals surface area (Å²) in [6, 6.07) is 9.49. The molecule has 0 heterocycles. The average molecular weight is 251 g/mol. The molecule has 1 amide bonds. The van der Waals surface area contributed by atoms with Crippen LogP contribution in [0.15, 0.2) is 30.3 Å². The van der Waals surface area contributed by atoms with Gasteiger partial charge in [-0.2, -0.15) is 0 Å². The van der Waals surface area contributed by atoms with Gasteiger partial charge in [0.15, 0.2) is 0 Å². The minimum atomic E-state index is -0.901. The van der Waals surface area contributed by atoms with Crippen LogP contribution in [-0.2, 0) is 16.0 Å². The monoisotopic (exact) mass is 251 g/mol. The summed E-state index contributed by atoms with van der Waals surface area (Å²) < 4.78 is 0. The molecule has 100 valence electrons. The normalized spacial score (nSPS) is 11.0. The highest BCUT2D eigenvalue weighted by molar-refractivity contribution is 5.75. The zero-order valence-electron chi connectivity index (χ0n) is 10.9. The highest BCUT2D eigenvalue weighted by Gasteiger charge is 2.16. The molecule has 0 aromatic heterocycles. The zero-order valence-corrected chi connectivity index (χ0v) is 10.9. The number of aliphatic carboxylic acids is 1. The molecule has 0 bridgehead atoms. The van der Waals surface area contributed by atoms with Gasteiger partial charge < -0.3 is 10.8 Å². The lowest BCUT2D eigenvalue weighted by Gasteiger charge is -2.12. The first-order chi connectivity index (χ1) is 8.58. The van der Waals surface area contributed by atoms with E-state index in [0.717, 1.165) is 5.56 Å². The van der Waals surface area contributed by atoms with Gasteiger partial charge in [0.1, 0.15) is 0 Å². The molecule has 4 heteroatoms. The lowest BCUT2D eigenvalue weighted by Crippen LogP contribution is -2.20. The van der Waals surface area contributed by atoms with Crippen LogP contribution in [0.4, 0.5) is 0 Å². The molecular formula is C14H21NO3. The van der Waals surface area contributed by atoms with Crippen molar-refractivity contribution in [1.29, 1.82) is 0 Å². The van der Waals surface area contributed by atoms with Crippen molar-refractivity contribution < 1.29 is 14.7 Å². The smallest absolute Gasteiger partial charge is 0.303 e. The number of hydrogen-bond acceptors (Lipinski definition) is 2. The Bertz CT molecular complexity index is 347. The third-order valence-corrected chi connectivity index (χ3v) is 2.32. The molecule has 0 fully saturated rings. The van der Waals surface area contributed by atoms with Gasteiger partial charge in [-0.25, -0.2) is 0 Å². The summed E-state index contributed by atoms with van der Waals surface area (Å²) in [5, 5.41) is 8.72. The quantitative estimate of drug-likeness (QED) is 0.813. The minimum absolute atomic E-state index is 0.0299. The number of carbonyl (C=O) groups excluding carboxylic acids is 1. The van der Waals surface area contributed by atoms with Crippen molar-refractivity contribution in [1.82, 2.24) is 0 Å². The summed E-state index contributed by atoms with van der Waals surface area (Å²) in [4.78, 5) is 21.4. The molecule has 1 aromatic carbocycles. The lowest BCUT2D eigenvalue weighted by molar-refractivity contribution is -0.138. The van der Waals surface area contributed by atoms with Crippen LogP contribution < -0.4 is 5.73 Å². The number of hydrogen-bond donors (Lipinski definition) is 2. The Morgan fingerprint density at radius 1 is 1.17 bits per heavy atom. The van der Waals surface area contributed by atoms with Crippen LogP contribution in [0.2, 0.25) is 0 Å². The molecule has 0 aliphatic heterocycles. The Hall–Kier alpha value is -1.84. The first-order valence-electron chi connectivity index (χ1n) is 6.12. The van der Waals surface area contributed by atoms with Crippen LogP contribution >= 0.6 is 0 Å². The Balaban J connectivity index is 0.00000137. The largest absolute Gasteiger partial charge is 0.481 e. The molecule has 18 heavy (non-hydrogen) atoms.